The first-order chi connectivity index (χ1) is 11.6. The number of fused-ring (bicyclic) bond motifs is 3. The first kappa shape index (κ1) is 16.1. The molecule has 0 saturated heterocycles. The van der Waals surface area contributed by atoms with Crippen LogP contribution >= 0.6 is 11.6 Å². The van der Waals surface area contributed by atoms with Gasteiger partial charge in [0.2, 0.25) is 0 Å². The molecule has 2 aromatic carbocycles. The average Bonchev–Trinajstić information content (AvgIpc) is 2.65. The molecule has 4 nitrogen and oxygen atoms in total. The summed E-state index contributed by atoms with van der Waals surface area (Å²) >= 11 is 5.78. The molecule has 0 atom stereocenters. The third-order valence-electron chi connectivity index (χ3n) is 3.53. The number of ether oxygens (including phenoxy) is 1. The van der Waals surface area contributed by atoms with Gasteiger partial charge in [0.25, 0.3) is 0 Å². The Balaban J connectivity index is 0.000000175. The molecule has 2 aliphatic heterocycles. The Hall–Kier alpha value is -2.72. The number of aromatic nitrogens is 2. The molecule has 2 bridgehead atoms. The number of rotatable bonds is 2. The number of carbonyl (C=O) groups excluding carboxylic acids is 1. The second-order valence-electron chi connectivity index (χ2n) is 5.29. The summed E-state index contributed by atoms with van der Waals surface area (Å²) in [6, 6.07) is 19.3. The summed E-state index contributed by atoms with van der Waals surface area (Å²) in [5.41, 5.74) is 3.22. The minimum Gasteiger partial charge on any atom is -0.489 e. The molecule has 0 spiro atoms. The summed E-state index contributed by atoms with van der Waals surface area (Å²) < 4.78 is 5.18. The molecule has 3 heterocycles. The second kappa shape index (κ2) is 7.23. The van der Waals surface area contributed by atoms with Gasteiger partial charge in [-0.2, -0.15) is 0 Å². The van der Waals surface area contributed by atoms with E-state index >= 15 is 0 Å². The fourth-order valence-electron chi connectivity index (χ4n) is 2.22. The van der Waals surface area contributed by atoms with Crippen molar-refractivity contribution in [1.29, 1.82) is 0 Å². The lowest BCUT2D eigenvalue weighted by Gasteiger charge is -2.11. The fraction of sp³-hybridized carbons (Fsp3) is 0.105. The summed E-state index contributed by atoms with van der Waals surface area (Å²) in [5.74, 6) is 0.872. The largest absolute Gasteiger partial charge is 0.489 e. The molecule has 0 saturated carbocycles. The smallest absolute Gasteiger partial charge is 0.163 e. The molecule has 5 rings (SSSR count). The molecule has 0 unspecified atom stereocenters. The van der Waals surface area contributed by atoms with Crippen molar-refractivity contribution in [3.8, 4) is 17.0 Å². The lowest BCUT2D eigenvalue weighted by Crippen LogP contribution is -2.00. The number of benzene rings is 2. The summed E-state index contributed by atoms with van der Waals surface area (Å²) in [5, 5.41) is 7.87. The van der Waals surface area contributed by atoms with Gasteiger partial charge in [-0.25, -0.2) is 0 Å². The monoisotopic (exact) mass is 338 g/mol. The van der Waals surface area contributed by atoms with Crippen LogP contribution in [-0.4, -0.2) is 16.0 Å². The SMILES string of the molecule is CC(=O)c1cc(-c2ccccc2)nnc1Cl.c1cc2ccc1CO2. The van der Waals surface area contributed by atoms with E-state index in [0.717, 1.165) is 17.9 Å². The number of hydrogen-bond donors (Lipinski definition) is 0. The predicted octanol–water partition coefficient (Wildman–Crippen LogP) is 4.58. The maximum absolute atomic E-state index is 11.3. The number of halogens is 1. The van der Waals surface area contributed by atoms with Gasteiger partial charge in [-0.05, 0) is 30.7 Å². The van der Waals surface area contributed by atoms with Crippen molar-refractivity contribution in [1.82, 2.24) is 10.2 Å². The van der Waals surface area contributed by atoms with Crippen molar-refractivity contribution < 1.29 is 9.53 Å². The van der Waals surface area contributed by atoms with Crippen LogP contribution in [-0.2, 0) is 6.61 Å². The molecule has 0 aliphatic carbocycles. The van der Waals surface area contributed by atoms with Gasteiger partial charge >= 0.3 is 0 Å². The van der Waals surface area contributed by atoms with Gasteiger partial charge in [0.15, 0.2) is 10.9 Å². The summed E-state index contributed by atoms with van der Waals surface area (Å²) in [6.45, 7) is 2.22. The minimum absolute atomic E-state index is 0.114. The van der Waals surface area contributed by atoms with E-state index in [2.05, 4.69) is 22.3 Å². The first-order valence-corrected chi connectivity index (χ1v) is 7.82. The number of ketones is 1. The van der Waals surface area contributed by atoms with Crippen LogP contribution in [0, 0.1) is 0 Å². The Morgan fingerprint density at radius 2 is 1.75 bits per heavy atom. The van der Waals surface area contributed by atoms with E-state index in [1.807, 2.05) is 42.5 Å². The van der Waals surface area contributed by atoms with Crippen LogP contribution in [0.1, 0.15) is 22.8 Å². The van der Waals surface area contributed by atoms with Crippen molar-refractivity contribution in [3.63, 3.8) is 0 Å². The number of hydrogen-bond acceptors (Lipinski definition) is 4. The molecular weight excluding hydrogens is 324 g/mol. The van der Waals surface area contributed by atoms with Crippen LogP contribution in [0.4, 0.5) is 0 Å². The Morgan fingerprint density at radius 1 is 1.04 bits per heavy atom. The lowest BCUT2D eigenvalue weighted by molar-refractivity contribution is 0.101. The van der Waals surface area contributed by atoms with Crippen molar-refractivity contribution in [3.05, 3.63) is 76.9 Å². The van der Waals surface area contributed by atoms with Gasteiger partial charge in [0.1, 0.15) is 12.4 Å². The van der Waals surface area contributed by atoms with Gasteiger partial charge in [-0.3, -0.25) is 4.79 Å². The highest BCUT2D eigenvalue weighted by Gasteiger charge is 2.10. The minimum atomic E-state index is -0.114. The van der Waals surface area contributed by atoms with Gasteiger partial charge in [-0.15, -0.1) is 10.2 Å². The predicted molar refractivity (Wildman–Crippen MR) is 93.3 cm³/mol. The van der Waals surface area contributed by atoms with E-state index in [9.17, 15) is 4.79 Å². The van der Waals surface area contributed by atoms with Gasteiger partial charge in [0, 0.05) is 5.56 Å². The summed E-state index contributed by atoms with van der Waals surface area (Å²) in [4.78, 5) is 11.3. The highest BCUT2D eigenvalue weighted by atomic mass is 35.5. The van der Waals surface area contributed by atoms with Crippen LogP contribution in [0.5, 0.6) is 5.75 Å². The molecule has 0 amide bonds. The van der Waals surface area contributed by atoms with Crippen LogP contribution in [0.3, 0.4) is 0 Å². The Bertz CT molecular complexity index is 826. The fourth-order valence-corrected chi connectivity index (χ4v) is 2.45. The zero-order valence-corrected chi connectivity index (χ0v) is 13.8. The van der Waals surface area contributed by atoms with Crippen LogP contribution in [0.2, 0.25) is 5.15 Å². The van der Waals surface area contributed by atoms with Gasteiger partial charge < -0.3 is 4.74 Å². The molecule has 5 heteroatoms. The number of carbonyl (C=O) groups is 1. The van der Waals surface area contributed by atoms with Crippen molar-refractivity contribution in [2.24, 2.45) is 0 Å². The first-order valence-electron chi connectivity index (χ1n) is 7.45. The van der Waals surface area contributed by atoms with Crippen LogP contribution in [0.25, 0.3) is 11.3 Å². The molecule has 2 aliphatic rings. The van der Waals surface area contributed by atoms with Crippen molar-refractivity contribution >= 4 is 17.4 Å². The van der Waals surface area contributed by atoms with E-state index in [1.165, 1.54) is 12.5 Å². The summed E-state index contributed by atoms with van der Waals surface area (Å²) in [6.07, 6.45) is 0. The number of nitrogens with zero attached hydrogens (tertiary/aromatic N) is 2. The normalized spacial score (nSPS) is 11.2. The molecular formula is C19H15ClN2O2. The van der Waals surface area contributed by atoms with Gasteiger partial charge in [0.05, 0.1) is 11.3 Å². The van der Waals surface area contributed by atoms with Crippen molar-refractivity contribution in [2.75, 3.05) is 0 Å². The second-order valence-corrected chi connectivity index (χ2v) is 5.65. The molecule has 1 aromatic heterocycles. The molecule has 0 N–H and O–H groups in total. The van der Waals surface area contributed by atoms with Gasteiger partial charge in [-0.1, -0.05) is 54.1 Å². The highest BCUT2D eigenvalue weighted by molar-refractivity contribution is 6.32. The summed E-state index contributed by atoms with van der Waals surface area (Å²) in [7, 11) is 0. The maximum atomic E-state index is 11.3. The van der Waals surface area contributed by atoms with E-state index in [4.69, 9.17) is 16.3 Å². The van der Waals surface area contributed by atoms with E-state index < -0.39 is 0 Å². The van der Waals surface area contributed by atoms with E-state index in [-0.39, 0.29) is 10.9 Å². The number of Topliss-reactive ketones (excluding diaryl/α,β-unsaturated/α-hetero) is 1. The topological polar surface area (TPSA) is 52.1 Å². The Labute approximate surface area is 145 Å². The molecule has 120 valence electrons. The third kappa shape index (κ3) is 3.78. The third-order valence-corrected chi connectivity index (χ3v) is 3.81. The Morgan fingerprint density at radius 3 is 2.21 bits per heavy atom. The van der Waals surface area contributed by atoms with Crippen molar-refractivity contribution in [2.45, 2.75) is 13.5 Å². The van der Waals surface area contributed by atoms with Crippen LogP contribution in [0.15, 0.2) is 60.7 Å². The Kier molecular flexibility index (Phi) is 4.87. The molecule has 3 aromatic rings. The zero-order chi connectivity index (χ0) is 16.9. The quantitative estimate of drug-likeness (QED) is 0.642. The highest BCUT2D eigenvalue weighted by Crippen LogP contribution is 2.21. The van der Waals surface area contributed by atoms with E-state index in [1.54, 1.807) is 6.07 Å². The maximum Gasteiger partial charge on any atom is 0.163 e. The molecule has 24 heavy (non-hydrogen) atoms. The molecule has 0 radical (unpaired) electrons. The van der Waals surface area contributed by atoms with Crippen LogP contribution < -0.4 is 4.74 Å². The lowest BCUT2D eigenvalue weighted by atomic mass is 10.1. The standard InChI is InChI=1S/C12H9ClN2O.C7H6O/c1-8(16)10-7-11(14-15-12(10)13)9-5-3-2-4-6-9;1-3-7-4-2-6(1)5-8-7/h2-7H,1H3;1-4H,5H2. The van der Waals surface area contributed by atoms with E-state index in [0.29, 0.717) is 11.3 Å². The zero-order valence-electron chi connectivity index (χ0n) is 13.1. The average molecular weight is 339 g/mol. The molecule has 0 fully saturated rings.